The second-order valence-corrected chi connectivity index (χ2v) is 4.95. The van der Waals surface area contributed by atoms with Crippen LogP contribution in [0.15, 0.2) is 68.3 Å². The van der Waals surface area contributed by atoms with Crippen molar-refractivity contribution in [2.24, 2.45) is 9.98 Å². The second kappa shape index (κ2) is 7.10. The molecule has 19 heavy (non-hydrogen) atoms. The number of hydrogen-bond donors (Lipinski definition) is 0. The Morgan fingerprint density at radius 1 is 0.895 bits per heavy atom. The van der Waals surface area contributed by atoms with E-state index in [1.54, 1.807) is 11.8 Å². The van der Waals surface area contributed by atoms with Gasteiger partial charge in [-0.05, 0) is 54.8 Å². The normalized spacial score (nSPS) is 9.26. The van der Waals surface area contributed by atoms with E-state index < -0.39 is 0 Å². The van der Waals surface area contributed by atoms with Crippen LogP contribution in [-0.4, -0.2) is 10.3 Å². The van der Waals surface area contributed by atoms with Crippen LogP contribution in [0.2, 0.25) is 0 Å². The van der Waals surface area contributed by atoms with E-state index in [9.17, 15) is 0 Å². The van der Waals surface area contributed by atoms with Crippen molar-refractivity contribution < 1.29 is 0 Å². The summed E-state index contributed by atoms with van der Waals surface area (Å²) in [5.74, 6) is 0. The van der Waals surface area contributed by atoms with Crippen molar-refractivity contribution in [1.29, 1.82) is 0 Å². The lowest BCUT2D eigenvalue weighted by atomic mass is 10.3. The summed E-state index contributed by atoms with van der Waals surface area (Å²) in [6.45, 7) is 0. The highest BCUT2D eigenvalue weighted by Crippen LogP contribution is 2.37. The van der Waals surface area contributed by atoms with E-state index in [1.165, 1.54) is 0 Å². The first kappa shape index (κ1) is 13.8. The van der Waals surface area contributed by atoms with Crippen LogP contribution in [0.3, 0.4) is 0 Å². The van der Waals surface area contributed by atoms with Gasteiger partial charge in [0.25, 0.3) is 0 Å². The lowest BCUT2D eigenvalue weighted by Crippen LogP contribution is -1.75. The van der Waals surface area contributed by atoms with Gasteiger partial charge in [0.15, 0.2) is 0 Å². The lowest BCUT2D eigenvalue weighted by Gasteiger charge is -2.05. The fraction of sp³-hybridized carbons (Fsp3) is 0. The van der Waals surface area contributed by atoms with Crippen LogP contribution in [0.4, 0.5) is 11.4 Å². The van der Waals surface area contributed by atoms with Crippen molar-refractivity contribution >= 4 is 57.9 Å². The zero-order valence-electron chi connectivity index (χ0n) is 9.74. The maximum atomic E-state index is 4.67. The van der Waals surface area contributed by atoms with E-state index in [-0.39, 0.29) is 0 Å². The largest absolute Gasteiger partial charge is 0.195 e. The van der Waals surface area contributed by atoms with Gasteiger partial charge in [-0.25, -0.2) is 0 Å². The summed E-state index contributed by atoms with van der Waals surface area (Å²) in [4.78, 5) is 10.1. The van der Waals surface area contributed by atoms with Crippen molar-refractivity contribution in [2.75, 3.05) is 0 Å². The van der Waals surface area contributed by atoms with Crippen LogP contribution in [0.5, 0.6) is 0 Å². The molecule has 0 atom stereocenters. The number of hydrogen-bond acceptors (Lipinski definition) is 5. The van der Waals surface area contributed by atoms with Gasteiger partial charge in [-0.3, -0.25) is 0 Å². The third kappa shape index (κ3) is 3.93. The van der Waals surface area contributed by atoms with E-state index in [1.807, 2.05) is 48.5 Å². The third-order valence-electron chi connectivity index (χ3n) is 2.25. The lowest BCUT2D eigenvalue weighted by molar-refractivity contribution is 1.35. The molecule has 2 rings (SSSR count). The number of isothiocyanates is 2. The molecule has 0 bridgehead atoms. The molecule has 2 nitrogen and oxygen atoms in total. The standard InChI is InChI=1S/C14H8N2S3/c17-9-15-11-6-7-14(13(8-11)16-10-18)19-12-4-2-1-3-5-12/h1-8H. The summed E-state index contributed by atoms with van der Waals surface area (Å²) in [5, 5.41) is 4.72. The molecule has 0 aliphatic carbocycles. The monoisotopic (exact) mass is 300 g/mol. The number of rotatable bonds is 4. The number of aliphatic imine (C=N–C) groups is 2. The first-order valence-corrected chi connectivity index (χ1v) is 6.99. The summed E-state index contributed by atoms with van der Waals surface area (Å²) in [7, 11) is 0. The molecule has 0 amide bonds. The van der Waals surface area contributed by atoms with Crippen LogP contribution in [-0.2, 0) is 0 Å². The van der Waals surface area contributed by atoms with Crippen molar-refractivity contribution in [3.8, 4) is 0 Å². The summed E-state index contributed by atoms with van der Waals surface area (Å²) < 4.78 is 0. The Hall–Kier alpha value is -1.61. The van der Waals surface area contributed by atoms with Gasteiger partial charge in [0.05, 0.1) is 21.7 Å². The smallest absolute Gasteiger partial charge is 0.0900 e. The molecule has 0 saturated heterocycles. The average molecular weight is 300 g/mol. The molecule has 0 N–H and O–H groups in total. The number of benzene rings is 2. The molecule has 0 unspecified atom stereocenters. The van der Waals surface area contributed by atoms with Crippen LogP contribution >= 0.6 is 36.2 Å². The van der Waals surface area contributed by atoms with Crippen molar-refractivity contribution in [1.82, 2.24) is 0 Å². The van der Waals surface area contributed by atoms with Gasteiger partial charge in [-0.1, -0.05) is 30.0 Å². The molecule has 0 fully saturated rings. The molecule has 92 valence electrons. The second-order valence-electron chi connectivity index (χ2n) is 3.47. The van der Waals surface area contributed by atoms with Gasteiger partial charge < -0.3 is 0 Å². The van der Waals surface area contributed by atoms with E-state index >= 15 is 0 Å². The molecule has 0 saturated carbocycles. The molecular weight excluding hydrogens is 292 g/mol. The summed E-state index contributed by atoms with van der Waals surface area (Å²) in [6.07, 6.45) is 0. The van der Waals surface area contributed by atoms with Crippen molar-refractivity contribution in [2.45, 2.75) is 9.79 Å². The zero-order chi connectivity index (χ0) is 13.5. The Morgan fingerprint density at radius 3 is 2.32 bits per heavy atom. The molecular formula is C14H8N2S3. The minimum absolute atomic E-state index is 0.705. The van der Waals surface area contributed by atoms with Gasteiger partial charge in [0, 0.05) is 9.79 Å². The van der Waals surface area contributed by atoms with E-state index in [2.05, 4.69) is 44.7 Å². The SMILES string of the molecule is S=C=Nc1ccc(Sc2ccccc2)c(N=C=S)c1. The Labute approximate surface area is 126 Å². The van der Waals surface area contributed by atoms with Crippen LogP contribution in [0.1, 0.15) is 0 Å². The first-order valence-electron chi connectivity index (χ1n) is 5.36. The Morgan fingerprint density at radius 2 is 1.63 bits per heavy atom. The maximum Gasteiger partial charge on any atom is 0.0900 e. The highest BCUT2D eigenvalue weighted by Gasteiger charge is 2.05. The fourth-order valence-electron chi connectivity index (χ4n) is 1.47. The Balaban J connectivity index is 2.39. The quantitative estimate of drug-likeness (QED) is 0.565. The van der Waals surface area contributed by atoms with Gasteiger partial charge in [0.2, 0.25) is 0 Å². The maximum absolute atomic E-state index is 4.67. The highest BCUT2D eigenvalue weighted by molar-refractivity contribution is 7.99. The van der Waals surface area contributed by atoms with Crippen molar-refractivity contribution in [3.05, 3.63) is 48.5 Å². The summed E-state index contributed by atoms with van der Waals surface area (Å²) in [5.41, 5.74) is 1.44. The van der Waals surface area contributed by atoms with Crippen LogP contribution < -0.4 is 0 Å². The average Bonchev–Trinajstić information content (AvgIpc) is 2.43. The minimum Gasteiger partial charge on any atom is -0.195 e. The molecule has 0 aliphatic heterocycles. The molecule has 0 radical (unpaired) electrons. The predicted octanol–water partition coefficient (Wildman–Crippen LogP) is 5.31. The fourth-order valence-corrected chi connectivity index (χ4v) is 2.56. The van der Waals surface area contributed by atoms with Crippen molar-refractivity contribution in [3.63, 3.8) is 0 Å². The molecule has 0 heterocycles. The topological polar surface area (TPSA) is 24.7 Å². The van der Waals surface area contributed by atoms with E-state index in [0.29, 0.717) is 5.69 Å². The summed E-state index contributed by atoms with van der Waals surface area (Å²) >= 11 is 10.9. The van der Waals surface area contributed by atoms with Gasteiger partial charge >= 0.3 is 0 Å². The van der Waals surface area contributed by atoms with E-state index in [4.69, 9.17) is 0 Å². The Bertz CT molecular complexity index is 670. The molecule has 0 aliphatic rings. The van der Waals surface area contributed by atoms with Gasteiger partial charge in [-0.2, -0.15) is 9.98 Å². The van der Waals surface area contributed by atoms with Crippen LogP contribution in [0, 0.1) is 0 Å². The molecule has 0 spiro atoms. The minimum atomic E-state index is 0.705. The first-order chi connectivity index (χ1) is 9.33. The predicted molar refractivity (Wildman–Crippen MR) is 86.4 cm³/mol. The van der Waals surface area contributed by atoms with Gasteiger partial charge in [-0.15, -0.1) is 0 Å². The highest BCUT2D eigenvalue weighted by atomic mass is 32.2. The zero-order valence-corrected chi connectivity index (χ0v) is 12.2. The Kier molecular flexibility index (Phi) is 5.16. The van der Waals surface area contributed by atoms with E-state index in [0.717, 1.165) is 15.5 Å². The summed E-state index contributed by atoms with van der Waals surface area (Å²) in [6, 6.07) is 15.7. The van der Waals surface area contributed by atoms with Crippen LogP contribution in [0.25, 0.3) is 0 Å². The third-order valence-corrected chi connectivity index (χ3v) is 3.51. The molecule has 2 aromatic carbocycles. The number of nitrogens with zero attached hydrogens (tertiary/aromatic N) is 2. The molecule has 5 heteroatoms. The molecule has 0 aromatic heterocycles. The number of thiocarbonyl (C=S) groups is 2. The molecule has 2 aromatic rings. The van der Waals surface area contributed by atoms with Gasteiger partial charge in [0.1, 0.15) is 0 Å².